The molecule has 0 spiro atoms. The standard InChI is InChI=1S/C16H17NO/c1-10-13(16(2,3)4)8-7-11-12-6-5-9-17-15(12)18-14(10)11/h5-9H,1-4H3. The number of aromatic nitrogens is 1. The fourth-order valence-electron chi connectivity index (χ4n) is 2.62. The number of furan rings is 1. The van der Waals surface area contributed by atoms with Gasteiger partial charge in [-0.05, 0) is 35.6 Å². The number of rotatable bonds is 0. The summed E-state index contributed by atoms with van der Waals surface area (Å²) in [5, 5.41) is 2.25. The van der Waals surface area contributed by atoms with Gasteiger partial charge >= 0.3 is 0 Å². The van der Waals surface area contributed by atoms with Crippen molar-refractivity contribution in [2.75, 3.05) is 0 Å². The van der Waals surface area contributed by atoms with Crippen LogP contribution >= 0.6 is 0 Å². The molecule has 2 aromatic heterocycles. The summed E-state index contributed by atoms with van der Waals surface area (Å²) >= 11 is 0. The Morgan fingerprint density at radius 3 is 2.56 bits per heavy atom. The van der Waals surface area contributed by atoms with Gasteiger partial charge in [0.1, 0.15) is 5.58 Å². The lowest BCUT2D eigenvalue weighted by atomic mass is 9.83. The lowest BCUT2D eigenvalue weighted by Gasteiger charge is -2.21. The number of pyridine rings is 1. The van der Waals surface area contributed by atoms with Gasteiger partial charge in [0.15, 0.2) is 0 Å². The zero-order chi connectivity index (χ0) is 12.9. The molecule has 0 amide bonds. The topological polar surface area (TPSA) is 26.0 Å². The summed E-state index contributed by atoms with van der Waals surface area (Å²) in [6.07, 6.45) is 1.77. The molecule has 18 heavy (non-hydrogen) atoms. The highest BCUT2D eigenvalue weighted by Gasteiger charge is 2.20. The third-order valence-corrected chi connectivity index (χ3v) is 3.47. The van der Waals surface area contributed by atoms with Gasteiger partial charge in [0, 0.05) is 17.0 Å². The Labute approximate surface area is 107 Å². The van der Waals surface area contributed by atoms with Crippen molar-refractivity contribution in [2.45, 2.75) is 33.1 Å². The smallest absolute Gasteiger partial charge is 0.227 e. The molecule has 0 saturated heterocycles. The van der Waals surface area contributed by atoms with Crippen LogP contribution in [0.1, 0.15) is 31.9 Å². The molecule has 0 aliphatic rings. The summed E-state index contributed by atoms with van der Waals surface area (Å²) in [5.41, 5.74) is 4.37. The Kier molecular flexibility index (Phi) is 2.24. The van der Waals surface area contributed by atoms with Crippen molar-refractivity contribution >= 4 is 22.1 Å². The minimum atomic E-state index is 0.130. The molecule has 0 aliphatic heterocycles. The van der Waals surface area contributed by atoms with E-state index >= 15 is 0 Å². The van der Waals surface area contributed by atoms with E-state index in [9.17, 15) is 0 Å². The summed E-state index contributed by atoms with van der Waals surface area (Å²) in [7, 11) is 0. The third-order valence-electron chi connectivity index (χ3n) is 3.47. The summed E-state index contributed by atoms with van der Waals surface area (Å²) < 4.78 is 5.91. The van der Waals surface area contributed by atoms with Gasteiger partial charge < -0.3 is 4.42 Å². The van der Waals surface area contributed by atoms with E-state index in [2.05, 4.69) is 50.9 Å². The molecular formula is C16H17NO. The monoisotopic (exact) mass is 239 g/mol. The molecular weight excluding hydrogens is 222 g/mol. The first-order chi connectivity index (χ1) is 8.48. The molecule has 2 nitrogen and oxygen atoms in total. The van der Waals surface area contributed by atoms with E-state index in [0.717, 1.165) is 22.1 Å². The molecule has 0 radical (unpaired) electrons. The first-order valence-electron chi connectivity index (χ1n) is 6.26. The fraction of sp³-hybridized carbons (Fsp3) is 0.312. The van der Waals surface area contributed by atoms with Crippen LogP contribution in [-0.2, 0) is 5.41 Å². The largest absolute Gasteiger partial charge is 0.437 e. The van der Waals surface area contributed by atoms with Gasteiger partial charge in [-0.1, -0.05) is 32.9 Å². The highest BCUT2D eigenvalue weighted by Crippen LogP contribution is 2.35. The van der Waals surface area contributed by atoms with E-state index in [1.54, 1.807) is 6.20 Å². The summed E-state index contributed by atoms with van der Waals surface area (Å²) in [5.74, 6) is 0. The molecule has 0 bridgehead atoms. The number of hydrogen-bond donors (Lipinski definition) is 0. The molecule has 0 aliphatic carbocycles. The Morgan fingerprint density at radius 1 is 1.06 bits per heavy atom. The van der Waals surface area contributed by atoms with Crippen LogP contribution in [0.3, 0.4) is 0 Å². The highest BCUT2D eigenvalue weighted by molar-refractivity contribution is 6.04. The SMILES string of the molecule is Cc1c(C(C)(C)C)ccc2c1oc1ncccc12. The minimum absolute atomic E-state index is 0.130. The minimum Gasteiger partial charge on any atom is -0.437 e. The van der Waals surface area contributed by atoms with Crippen LogP contribution in [0.2, 0.25) is 0 Å². The summed E-state index contributed by atoms with van der Waals surface area (Å²) in [4.78, 5) is 4.28. The van der Waals surface area contributed by atoms with Crippen molar-refractivity contribution in [1.82, 2.24) is 4.98 Å². The van der Waals surface area contributed by atoms with Crippen molar-refractivity contribution in [1.29, 1.82) is 0 Å². The summed E-state index contributed by atoms with van der Waals surface area (Å²) in [6, 6.07) is 8.37. The van der Waals surface area contributed by atoms with Crippen molar-refractivity contribution in [3.8, 4) is 0 Å². The third kappa shape index (κ3) is 1.52. The maximum absolute atomic E-state index is 5.91. The van der Waals surface area contributed by atoms with Gasteiger partial charge in [0.25, 0.3) is 0 Å². The molecule has 2 heteroatoms. The van der Waals surface area contributed by atoms with E-state index in [1.165, 1.54) is 11.1 Å². The zero-order valence-corrected chi connectivity index (χ0v) is 11.2. The number of aryl methyl sites for hydroxylation is 1. The van der Waals surface area contributed by atoms with E-state index in [4.69, 9.17) is 4.42 Å². The second kappa shape index (κ2) is 3.58. The summed E-state index contributed by atoms with van der Waals surface area (Å²) in [6.45, 7) is 8.80. The Balaban J connectivity index is 2.43. The van der Waals surface area contributed by atoms with Crippen molar-refractivity contribution in [3.63, 3.8) is 0 Å². The maximum atomic E-state index is 5.91. The fourth-order valence-corrected chi connectivity index (χ4v) is 2.62. The predicted octanol–water partition coefficient (Wildman–Crippen LogP) is 4.59. The zero-order valence-electron chi connectivity index (χ0n) is 11.2. The lowest BCUT2D eigenvalue weighted by molar-refractivity contribution is 0.582. The van der Waals surface area contributed by atoms with E-state index in [0.29, 0.717) is 0 Å². The average molecular weight is 239 g/mol. The van der Waals surface area contributed by atoms with Crippen LogP contribution in [0.15, 0.2) is 34.9 Å². The molecule has 0 atom stereocenters. The average Bonchev–Trinajstić information content (AvgIpc) is 2.68. The van der Waals surface area contributed by atoms with E-state index in [-0.39, 0.29) is 5.41 Å². The maximum Gasteiger partial charge on any atom is 0.227 e. The molecule has 0 unspecified atom stereocenters. The van der Waals surface area contributed by atoms with Crippen molar-refractivity contribution in [2.24, 2.45) is 0 Å². The Hall–Kier alpha value is -1.83. The van der Waals surface area contributed by atoms with Gasteiger partial charge in [-0.3, -0.25) is 0 Å². The molecule has 0 N–H and O–H groups in total. The molecule has 2 heterocycles. The number of hydrogen-bond acceptors (Lipinski definition) is 2. The predicted molar refractivity (Wildman–Crippen MR) is 75.0 cm³/mol. The number of nitrogens with zero attached hydrogens (tertiary/aromatic N) is 1. The Morgan fingerprint density at radius 2 is 1.83 bits per heavy atom. The molecule has 1 aromatic carbocycles. The van der Waals surface area contributed by atoms with Crippen molar-refractivity contribution in [3.05, 3.63) is 41.6 Å². The van der Waals surface area contributed by atoms with Crippen LogP contribution in [-0.4, -0.2) is 4.98 Å². The second-order valence-electron chi connectivity index (χ2n) is 5.82. The van der Waals surface area contributed by atoms with E-state index < -0.39 is 0 Å². The lowest BCUT2D eigenvalue weighted by Crippen LogP contribution is -2.12. The quantitative estimate of drug-likeness (QED) is 0.573. The first-order valence-corrected chi connectivity index (χ1v) is 6.26. The first kappa shape index (κ1) is 11.3. The molecule has 3 aromatic rings. The highest BCUT2D eigenvalue weighted by atomic mass is 16.3. The van der Waals surface area contributed by atoms with Crippen LogP contribution in [0, 0.1) is 6.92 Å². The number of benzene rings is 1. The van der Waals surface area contributed by atoms with E-state index in [1.807, 2.05) is 6.07 Å². The van der Waals surface area contributed by atoms with Gasteiger partial charge in [0.2, 0.25) is 5.71 Å². The number of fused-ring (bicyclic) bond motifs is 3. The van der Waals surface area contributed by atoms with Crippen molar-refractivity contribution < 1.29 is 4.42 Å². The van der Waals surface area contributed by atoms with Crippen LogP contribution in [0.25, 0.3) is 22.1 Å². The normalized spacial score (nSPS) is 12.4. The van der Waals surface area contributed by atoms with Crippen LogP contribution in [0.4, 0.5) is 0 Å². The molecule has 3 rings (SSSR count). The van der Waals surface area contributed by atoms with Gasteiger partial charge in [-0.15, -0.1) is 0 Å². The van der Waals surface area contributed by atoms with Gasteiger partial charge in [-0.2, -0.15) is 0 Å². The van der Waals surface area contributed by atoms with Gasteiger partial charge in [0.05, 0.1) is 0 Å². The molecule has 92 valence electrons. The Bertz CT molecular complexity index is 732. The van der Waals surface area contributed by atoms with Crippen LogP contribution < -0.4 is 0 Å². The molecule has 0 saturated carbocycles. The van der Waals surface area contributed by atoms with Gasteiger partial charge in [-0.25, -0.2) is 4.98 Å². The van der Waals surface area contributed by atoms with Crippen LogP contribution in [0.5, 0.6) is 0 Å². The molecule has 0 fully saturated rings. The second-order valence-corrected chi connectivity index (χ2v) is 5.82.